The number of carbonyl (C=O) groups excluding carboxylic acids is 1. The average Bonchev–Trinajstić information content (AvgIpc) is 2.18. The highest BCUT2D eigenvalue weighted by molar-refractivity contribution is 7.84. The van der Waals surface area contributed by atoms with Crippen LogP contribution in [-0.4, -0.2) is 41.3 Å². The summed E-state index contributed by atoms with van der Waals surface area (Å²) in [5.74, 6) is 0.591. The smallest absolute Gasteiger partial charge is 0.237 e. The molecule has 5 heteroatoms. The van der Waals surface area contributed by atoms with Crippen molar-refractivity contribution < 1.29 is 9.00 Å². The lowest BCUT2D eigenvalue weighted by Gasteiger charge is -2.22. The molecule has 4 nitrogen and oxygen atoms in total. The molecule has 0 aliphatic carbocycles. The molecular weight excluding hydrogens is 200 g/mol. The Balaban J connectivity index is 2.16. The molecule has 0 aromatic heterocycles. The zero-order valence-corrected chi connectivity index (χ0v) is 9.36. The second kappa shape index (κ2) is 6.14. The first-order chi connectivity index (χ1) is 6.70. The van der Waals surface area contributed by atoms with Crippen molar-refractivity contribution in [1.29, 1.82) is 0 Å². The van der Waals surface area contributed by atoms with E-state index in [4.69, 9.17) is 0 Å². The maximum absolute atomic E-state index is 11.5. The fourth-order valence-corrected chi connectivity index (χ4v) is 1.91. The summed E-state index contributed by atoms with van der Waals surface area (Å²) >= 11 is 0. The molecular formula is C9H18N2O2S. The van der Waals surface area contributed by atoms with Gasteiger partial charge in [-0.15, -0.1) is 0 Å². The fraction of sp³-hybridized carbons (Fsp3) is 0.889. The topological polar surface area (TPSA) is 58.2 Å². The number of carbonyl (C=O) groups is 1. The molecule has 2 unspecified atom stereocenters. The lowest BCUT2D eigenvalue weighted by Crippen LogP contribution is -2.47. The molecule has 0 bridgehead atoms. The highest BCUT2D eigenvalue weighted by Crippen LogP contribution is 2.06. The van der Waals surface area contributed by atoms with Crippen LogP contribution in [0, 0.1) is 0 Å². The first-order valence-corrected chi connectivity index (χ1v) is 6.74. The molecule has 0 aromatic carbocycles. The van der Waals surface area contributed by atoms with Gasteiger partial charge in [0.05, 0.1) is 6.04 Å². The van der Waals surface area contributed by atoms with Gasteiger partial charge in [-0.3, -0.25) is 9.00 Å². The average molecular weight is 218 g/mol. The van der Waals surface area contributed by atoms with Gasteiger partial charge in [0.1, 0.15) is 0 Å². The van der Waals surface area contributed by atoms with E-state index < -0.39 is 10.8 Å². The molecule has 14 heavy (non-hydrogen) atoms. The van der Waals surface area contributed by atoms with Crippen LogP contribution in [0.2, 0.25) is 0 Å². The molecule has 1 aliphatic heterocycles. The summed E-state index contributed by atoms with van der Waals surface area (Å²) in [4.78, 5) is 11.5. The zero-order valence-electron chi connectivity index (χ0n) is 8.54. The van der Waals surface area contributed by atoms with Crippen LogP contribution in [0.25, 0.3) is 0 Å². The molecule has 1 rings (SSSR count). The molecule has 2 N–H and O–H groups in total. The first kappa shape index (κ1) is 11.7. The second-order valence-electron chi connectivity index (χ2n) is 3.57. The summed E-state index contributed by atoms with van der Waals surface area (Å²) in [7, 11) is -0.822. The summed E-state index contributed by atoms with van der Waals surface area (Å²) < 4.78 is 10.7. The number of nitrogens with one attached hydrogen (secondary N) is 2. The Labute approximate surface area is 87.3 Å². The molecule has 0 radical (unpaired) electrons. The van der Waals surface area contributed by atoms with Crippen LogP contribution in [0.1, 0.15) is 19.3 Å². The van der Waals surface area contributed by atoms with Gasteiger partial charge < -0.3 is 10.6 Å². The van der Waals surface area contributed by atoms with Crippen molar-refractivity contribution in [2.24, 2.45) is 0 Å². The standard InChI is InChI=1S/C9H18N2O2S/c1-14(13)7-6-11-9(12)8-4-2-3-5-10-8/h8,10H,2-7H2,1H3,(H,11,12). The Morgan fingerprint density at radius 1 is 1.57 bits per heavy atom. The maximum Gasteiger partial charge on any atom is 0.237 e. The van der Waals surface area contributed by atoms with Gasteiger partial charge in [0.15, 0.2) is 0 Å². The molecule has 1 fully saturated rings. The molecule has 1 aliphatic rings. The summed E-state index contributed by atoms with van der Waals surface area (Å²) in [5.41, 5.74) is 0. The number of piperidine rings is 1. The molecule has 0 aromatic rings. The highest BCUT2D eigenvalue weighted by Gasteiger charge is 2.19. The molecule has 82 valence electrons. The minimum absolute atomic E-state index is 0.0333. The van der Waals surface area contributed by atoms with Crippen LogP contribution >= 0.6 is 0 Å². The Bertz CT molecular complexity index is 215. The first-order valence-electron chi connectivity index (χ1n) is 5.01. The predicted octanol–water partition coefficient (Wildman–Crippen LogP) is -0.377. The van der Waals surface area contributed by atoms with Crippen molar-refractivity contribution in [3.63, 3.8) is 0 Å². The van der Waals surface area contributed by atoms with Crippen molar-refractivity contribution in [3.05, 3.63) is 0 Å². The number of hydrogen-bond donors (Lipinski definition) is 2. The van der Waals surface area contributed by atoms with E-state index in [1.54, 1.807) is 6.26 Å². The van der Waals surface area contributed by atoms with Crippen molar-refractivity contribution >= 4 is 16.7 Å². The zero-order chi connectivity index (χ0) is 10.4. The van der Waals surface area contributed by atoms with Gasteiger partial charge in [0.25, 0.3) is 0 Å². The molecule has 1 saturated heterocycles. The molecule has 2 atom stereocenters. The van der Waals surface area contributed by atoms with Crippen molar-refractivity contribution in [2.45, 2.75) is 25.3 Å². The minimum Gasteiger partial charge on any atom is -0.354 e. The van der Waals surface area contributed by atoms with Crippen LogP contribution in [0.4, 0.5) is 0 Å². The third-order valence-corrected chi connectivity index (χ3v) is 3.09. The van der Waals surface area contributed by atoms with Crippen LogP contribution in [0.15, 0.2) is 0 Å². The molecule has 1 amide bonds. The largest absolute Gasteiger partial charge is 0.354 e. The lowest BCUT2D eigenvalue weighted by atomic mass is 10.0. The van der Waals surface area contributed by atoms with Gasteiger partial charge in [-0.1, -0.05) is 6.42 Å². The third kappa shape index (κ3) is 4.19. The van der Waals surface area contributed by atoms with Crippen molar-refractivity contribution in [1.82, 2.24) is 10.6 Å². The Kier molecular flexibility index (Phi) is 5.11. The van der Waals surface area contributed by atoms with E-state index in [2.05, 4.69) is 10.6 Å². The highest BCUT2D eigenvalue weighted by atomic mass is 32.2. The number of rotatable bonds is 4. The summed E-state index contributed by atoms with van der Waals surface area (Å²) in [6.45, 7) is 1.44. The van der Waals surface area contributed by atoms with Crippen molar-refractivity contribution in [2.75, 3.05) is 25.1 Å². The monoisotopic (exact) mass is 218 g/mol. The van der Waals surface area contributed by atoms with E-state index in [1.807, 2.05) is 0 Å². The quantitative estimate of drug-likeness (QED) is 0.676. The fourth-order valence-electron chi connectivity index (χ4n) is 1.52. The predicted molar refractivity (Wildman–Crippen MR) is 57.6 cm³/mol. The Morgan fingerprint density at radius 2 is 2.36 bits per heavy atom. The second-order valence-corrected chi connectivity index (χ2v) is 5.13. The van der Waals surface area contributed by atoms with Crippen LogP contribution in [0.3, 0.4) is 0 Å². The normalized spacial score (nSPS) is 24.2. The van der Waals surface area contributed by atoms with E-state index in [9.17, 15) is 9.00 Å². The van der Waals surface area contributed by atoms with Gasteiger partial charge in [0, 0.05) is 29.4 Å². The minimum atomic E-state index is -0.822. The maximum atomic E-state index is 11.5. The van der Waals surface area contributed by atoms with Gasteiger partial charge in [-0.05, 0) is 19.4 Å². The number of hydrogen-bond acceptors (Lipinski definition) is 3. The number of amides is 1. The van der Waals surface area contributed by atoms with Gasteiger partial charge >= 0.3 is 0 Å². The SMILES string of the molecule is CS(=O)CCNC(=O)C1CCCCN1. The van der Waals surface area contributed by atoms with E-state index in [1.165, 1.54) is 0 Å². The van der Waals surface area contributed by atoms with E-state index in [0.717, 1.165) is 25.8 Å². The molecule has 1 heterocycles. The Hall–Kier alpha value is -0.420. The van der Waals surface area contributed by atoms with E-state index in [-0.39, 0.29) is 11.9 Å². The lowest BCUT2D eigenvalue weighted by molar-refractivity contribution is -0.123. The van der Waals surface area contributed by atoms with Crippen LogP contribution in [0.5, 0.6) is 0 Å². The molecule has 0 saturated carbocycles. The van der Waals surface area contributed by atoms with Crippen LogP contribution in [-0.2, 0) is 15.6 Å². The summed E-state index contributed by atoms with van der Waals surface area (Å²) in [6.07, 6.45) is 4.83. The van der Waals surface area contributed by atoms with E-state index in [0.29, 0.717) is 12.3 Å². The van der Waals surface area contributed by atoms with Gasteiger partial charge in [-0.2, -0.15) is 0 Å². The van der Waals surface area contributed by atoms with E-state index >= 15 is 0 Å². The third-order valence-electron chi connectivity index (χ3n) is 2.32. The Morgan fingerprint density at radius 3 is 2.93 bits per heavy atom. The molecule has 0 spiro atoms. The summed E-state index contributed by atoms with van der Waals surface area (Å²) in [5, 5.41) is 5.96. The van der Waals surface area contributed by atoms with Crippen molar-refractivity contribution in [3.8, 4) is 0 Å². The van der Waals surface area contributed by atoms with Gasteiger partial charge in [0.2, 0.25) is 5.91 Å². The van der Waals surface area contributed by atoms with Crippen LogP contribution < -0.4 is 10.6 Å². The van der Waals surface area contributed by atoms with Gasteiger partial charge in [-0.25, -0.2) is 0 Å². The summed E-state index contributed by atoms with van der Waals surface area (Å²) in [6, 6.07) is -0.0333.